The first-order valence-electron chi connectivity index (χ1n) is 5.42. The van der Waals surface area contributed by atoms with Crippen molar-refractivity contribution in [2.75, 3.05) is 0 Å². The molecule has 2 rings (SSSR count). The highest BCUT2D eigenvalue weighted by Gasteiger charge is 2.16. The van der Waals surface area contributed by atoms with Crippen LogP contribution >= 0.6 is 11.6 Å². The highest BCUT2D eigenvalue weighted by Crippen LogP contribution is 2.20. The third kappa shape index (κ3) is 2.54. The molecule has 0 saturated heterocycles. The summed E-state index contributed by atoms with van der Waals surface area (Å²) in [7, 11) is 0. The van der Waals surface area contributed by atoms with Gasteiger partial charge in [0.2, 0.25) is 0 Å². The molecule has 1 aliphatic carbocycles. The Morgan fingerprint density at radius 1 is 1.50 bits per heavy atom. The summed E-state index contributed by atoms with van der Waals surface area (Å²) in [5.41, 5.74) is 1.14. The zero-order chi connectivity index (χ0) is 11.5. The van der Waals surface area contributed by atoms with Gasteiger partial charge in [0.05, 0.1) is 10.6 Å². The zero-order valence-corrected chi connectivity index (χ0v) is 9.63. The van der Waals surface area contributed by atoms with Crippen LogP contribution in [0.2, 0.25) is 5.02 Å². The number of nitrogens with one attached hydrogen (secondary N) is 1. The van der Waals surface area contributed by atoms with Crippen molar-refractivity contribution in [3.8, 4) is 0 Å². The summed E-state index contributed by atoms with van der Waals surface area (Å²) in [5.74, 6) is -0.976. The monoisotopic (exact) mass is 239 g/mol. The Balaban J connectivity index is 2.03. The topological polar surface area (TPSA) is 49.3 Å². The van der Waals surface area contributed by atoms with Crippen molar-refractivity contribution < 1.29 is 9.90 Å². The average molecular weight is 240 g/mol. The van der Waals surface area contributed by atoms with Crippen molar-refractivity contribution in [2.24, 2.45) is 0 Å². The van der Waals surface area contributed by atoms with Gasteiger partial charge in [0.15, 0.2) is 0 Å². The molecular weight excluding hydrogens is 226 g/mol. The first kappa shape index (κ1) is 11.4. The lowest BCUT2D eigenvalue weighted by atomic mass is 9.93. The van der Waals surface area contributed by atoms with Gasteiger partial charge in [-0.25, -0.2) is 4.79 Å². The van der Waals surface area contributed by atoms with E-state index in [0.717, 1.165) is 5.56 Å². The maximum absolute atomic E-state index is 10.9. The van der Waals surface area contributed by atoms with Crippen molar-refractivity contribution in [1.82, 2.24) is 5.32 Å². The van der Waals surface area contributed by atoms with E-state index in [0.29, 0.717) is 17.6 Å². The van der Waals surface area contributed by atoms with Gasteiger partial charge in [-0.1, -0.05) is 24.1 Å². The van der Waals surface area contributed by atoms with E-state index in [1.807, 2.05) is 6.07 Å². The van der Waals surface area contributed by atoms with Crippen molar-refractivity contribution in [3.05, 3.63) is 34.3 Å². The highest BCUT2D eigenvalue weighted by atomic mass is 35.5. The van der Waals surface area contributed by atoms with Crippen LogP contribution in [-0.4, -0.2) is 17.1 Å². The number of aromatic carboxylic acids is 1. The summed E-state index contributed by atoms with van der Waals surface area (Å²) in [6, 6.07) is 5.74. The molecule has 0 aliphatic heterocycles. The van der Waals surface area contributed by atoms with Crippen LogP contribution in [0.5, 0.6) is 0 Å². The SMILES string of the molecule is O=C(O)c1cc(CNC2CCC2)ccc1Cl. The van der Waals surface area contributed by atoms with E-state index >= 15 is 0 Å². The Morgan fingerprint density at radius 2 is 2.25 bits per heavy atom. The van der Waals surface area contributed by atoms with Gasteiger partial charge in [-0.15, -0.1) is 0 Å². The Kier molecular flexibility index (Phi) is 3.46. The summed E-state index contributed by atoms with van der Waals surface area (Å²) >= 11 is 5.79. The molecular formula is C12H14ClNO2. The quantitative estimate of drug-likeness (QED) is 0.849. The molecule has 0 bridgehead atoms. The molecule has 86 valence electrons. The molecule has 0 aromatic heterocycles. The Labute approximate surface area is 99.4 Å². The maximum Gasteiger partial charge on any atom is 0.337 e. The fraction of sp³-hybridized carbons (Fsp3) is 0.417. The largest absolute Gasteiger partial charge is 0.478 e. The molecule has 0 atom stereocenters. The van der Waals surface area contributed by atoms with Crippen LogP contribution in [0, 0.1) is 0 Å². The molecule has 0 unspecified atom stereocenters. The summed E-state index contributed by atoms with van der Waals surface area (Å²) in [5, 5.41) is 12.6. The minimum atomic E-state index is -0.976. The lowest BCUT2D eigenvalue weighted by molar-refractivity contribution is 0.0697. The van der Waals surface area contributed by atoms with E-state index in [2.05, 4.69) is 5.32 Å². The van der Waals surface area contributed by atoms with Crippen molar-refractivity contribution >= 4 is 17.6 Å². The number of hydrogen-bond donors (Lipinski definition) is 2. The van der Waals surface area contributed by atoms with E-state index in [4.69, 9.17) is 16.7 Å². The van der Waals surface area contributed by atoms with E-state index in [9.17, 15) is 4.79 Å². The third-order valence-corrected chi connectivity index (χ3v) is 3.29. The van der Waals surface area contributed by atoms with E-state index in [1.54, 1.807) is 12.1 Å². The van der Waals surface area contributed by atoms with Gasteiger partial charge >= 0.3 is 5.97 Å². The molecule has 1 aliphatic rings. The number of rotatable bonds is 4. The molecule has 0 amide bonds. The van der Waals surface area contributed by atoms with Gasteiger partial charge in [-0.3, -0.25) is 0 Å². The fourth-order valence-electron chi connectivity index (χ4n) is 1.72. The summed E-state index contributed by atoms with van der Waals surface area (Å²) in [6.45, 7) is 0.710. The molecule has 1 saturated carbocycles. The number of hydrogen-bond acceptors (Lipinski definition) is 2. The molecule has 2 N–H and O–H groups in total. The second kappa shape index (κ2) is 4.85. The predicted octanol–water partition coefficient (Wildman–Crippen LogP) is 2.68. The first-order valence-corrected chi connectivity index (χ1v) is 5.79. The van der Waals surface area contributed by atoms with Gasteiger partial charge in [0.25, 0.3) is 0 Å². The number of carboxylic acids is 1. The first-order chi connectivity index (χ1) is 7.66. The Morgan fingerprint density at radius 3 is 2.81 bits per heavy atom. The zero-order valence-electron chi connectivity index (χ0n) is 8.87. The minimum absolute atomic E-state index is 0.176. The molecule has 16 heavy (non-hydrogen) atoms. The van der Waals surface area contributed by atoms with Gasteiger partial charge in [0, 0.05) is 12.6 Å². The molecule has 1 fully saturated rings. The van der Waals surface area contributed by atoms with Crippen LogP contribution in [0.1, 0.15) is 35.2 Å². The lowest BCUT2D eigenvalue weighted by Crippen LogP contribution is -2.34. The average Bonchev–Trinajstić information content (AvgIpc) is 2.17. The Hall–Kier alpha value is -1.06. The number of carbonyl (C=O) groups is 1. The standard InChI is InChI=1S/C12H14ClNO2/c13-11-5-4-8(6-10(11)12(15)16)7-14-9-2-1-3-9/h4-6,9,14H,1-3,7H2,(H,15,16). The van der Waals surface area contributed by atoms with Crippen LogP contribution in [0.4, 0.5) is 0 Å². The van der Waals surface area contributed by atoms with E-state index < -0.39 is 5.97 Å². The molecule has 0 radical (unpaired) electrons. The lowest BCUT2D eigenvalue weighted by Gasteiger charge is -2.26. The van der Waals surface area contributed by atoms with Crippen LogP contribution in [0.25, 0.3) is 0 Å². The fourth-order valence-corrected chi connectivity index (χ4v) is 1.92. The second-order valence-corrected chi connectivity index (χ2v) is 4.54. The predicted molar refractivity (Wildman–Crippen MR) is 62.9 cm³/mol. The second-order valence-electron chi connectivity index (χ2n) is 4.13. The number of halogens is 1. The summed E-state index contributed by atoms with van der Waals surface area (Å²) in [4.78, 5) is 10.9. The highest BCUT2D eigenvalue weighted by molar-refractivity contribution is 6.33. The molecule has 1 aromatic rings. The van der Waals surface area contributed by atoms with Crippen LogP contribution in [0.3, 0.4) is 0 Å². The van der Waals surface area contributed by atoms with Crippen LogP contribution in [-0.2, 0) is 6.54 Å². The molecule has 0 spiro atoms. The van der Waals surface area contributed by atoms with Gasteiger partial charge < -0.3 is 10.4 Å². The summed E-state index contributed by atoms with van der Waals surface area (Å²) < 4.78 is 0. The van der Waals surface area contributed by atoms with E-state index in [-0.39, 0.29) is 5.56 Å². The number of carboxylic acid groups (broad SMARTS) is 1. The van der Waals surface area contributed by atoms with Crippen molar-refractivity contribution in [2.45, 2.75) is 31.8 Å². The smallest absolute Gasteiger partial charge is 0.337 e. The minimum Gasteiger partial charge on any atom is -0.478 e. The van der Waals surface area contributed by atoms with Crippen molar-refractivity contribution in [1.29, 1.82) is 0 Å². The van der Waals surface area contributed by atoms with Crippen LogP contribution in [0.15, 0.2) is 18.2 Å². The molecule has 4 heteroatoms. The maximum atomic E-state index is 10.9. The van der Waals surface area contributed by atoms with Gasteiger partial charge in [-0.05, 0) is 30.5 Å². The molecule has 0 heterocycles. The van der Waals surface area contributed by atoms with Gasteiger partial charge in [-0.2, -0.15) is 0 Å². The Bertz CT molecular complexity index is 402. The molecule has 1 aromatic carbocycles. The summed E-state index contributed by atoms with van der Waals surface area (Å²) in [6.07, 6.45) is 3.73. The van der Waals surface area contributed by atoms with Gasteiger partial charge in [0.1, 0.15) is 0 Å². The molecule has 3 nitrogen and oxygen atoms in total. The van der Waals surface area contributed by atoms with Crippen LogP contribution < -0.4 is 5.32 Å². The van der Waals surface area contributed by atoms with Crippen molar-refractivity contribution in [3.63, 3.8) is 0 Å². The van der Waals surface area contributed by atoms with E-state index in [1.165, 1.54) is 19.3 Å². The normalized spacial score (nSPS) is 15.8. The number of benzene rings is 1. The third-order valence-electron chi connectivity index (χ3n) is 2.96.